The van der Waals surface area contributed by atoms with Crippen molar-refractivity contribution in [3.05, 3.63) is 64.4 Å². The van der Waals surface area contributed by atoms with Gasteiger partial charge >= 0.3 is 0 Å². The number of nitrogens with one attached hydrogen (secondary N) is 2. The number of carbonyl (C=O) groups is 2. The van der Waals surface area contributed by atoms with E-state index in [1.165, 1.54) is 0 Å². The minimum absolute atomic E-state index is 0.109. The van der Waals surface area contributed by atoms with Gasteiger partial charge in [-0.3, -0.25) is 9.59 Å². The zero-order valence-corrected chi connectivity index (χ0v) is 21.0. The van der Waals surface area contributed by atoms with Gasteiger partial charge in [0.15, 0.2) is 0 Å². The van der Waals surface area contributed by atoms with Crippen molar-refractivity contribution in [1.29, 1.82) is 0 Å². The van der Waals surface area contributed by atoms with Crippen LogP contribution in [0.25, 0.3) is 5.70 Å². The van der Waals surface area contributed by atoms with Gasteiger partial charge in [0.05, 0.1) is 17.8 Å². The molecule has 1 aromatic heterocycles. The van der Waals surface area contributed by atoms with E-state index in [9.17, 15) is 9.59 Å². The lowest BCUT2D eigenvalue weighted by Crippen LogP contribution is -2.39. The number of amides is 2. The average molecular weight is 489 g/mol. The molecule has 0 aliphatic carbocycles. The molecule has 168 valence electrons. The van der Waals surface area contributed by atoms with Gasteiger partial charge in [-0.05, 0) is 52.8 Å². The number of hydrogen-bond donors (Lipinski definition) is 2. The number of carbonyl (C=O) groups excluding carboxylic acids is 2. The van der Waals surface area contributed by atoms with E-state index in [2.05, 4.69) is 52.3 Å². The highest BCUT2D eigenvalue weighted by Gasteiger charge is 2.15. The second-order valence-electron chi connectivity index (χ2n) is 7.59. The molecular weight excluding hydrogens is 456 g/mol. The minimum atomic E-state index is -0.334. The van der Waals surface area contributed by atoms with Crippen LogP contribution in [0.15, 0.2) is 58.3 Å². The maximum atomic E-state index is 12.3. The predicted octanol–water partition coefficient (Wildman–Crippen LogP) is 5.36. The topological polar surface area (TPSA) is 75.5 Å². The van der Waals surface area contributed by atoms with E-state index >= 15 is 0 Å². The van der Waals surface area contributed by atoms with Crippen LogP contribution in [0.1, 0.15) is 64.4 Å². The molecule has 1 heterocycles. The fourth-order valence-corrected chi connectivity index (χ4v) is 3.01. The number of benzene rings is 1. The lowest BCUT2D eigenvalue weighted by Gasteiger charge is -2.20. The van der Waals surface area contributed by atoms with Gasteiger partial charge in [0.2, 0.25) is 5.91 Å². The summed E-state index contributed by atoms with van der Waals surface area (Å²) in [5, 5.41) is 5.34. The standard InChI is InChI=1S/C22H27BrN4O2.C2H6/c1-6-19(16-8-7-9-18(23)12-16)25-15(2)26-20(28)13-24-21(29)17-10-11-27(14-17)22(3,4)5;1-2/h6-12,14H,13H2,1-5H3,(H,24,29)(H,25,26,28);1-2H3/b19-6-;. The molecule has 0 aliphatic heterocycles. The Balaban J connectivity index is 0.00000233. The Bertz CT molecular complexity index is 952. The fourth-order valence-electron chi connectivity index (χ4n) is 2.61. The number of hydrogen-bond acceptors (Lipinski definition) is 3. The molecule has 0 aliphatic rings. The number of allylic oxidation sites excluding steroid dienone is 1. The van der Waals surface area contributed by atoms with Gasteiger partial charge in [-0.2, -0.15) is 0 Å². The van der Waals surface area contributed by atoms with Crippen LogP contribution in [0, 0.1) is 0 Å². The maximum Gasteiger partial charge on any atom is 0.253 e. The smallest absolute Gasteiger partial charge is 0.253 e. The van der Waals surface area contributed by atoms with Crippen molar-refractivity contribution in [2.24, 2.45) is 4.99 Å². The van der Waals surface area contributed by atoms with Gasteiger partial charge in [0.25, 0.3) is 5.91 Å². The third-order valence-electron chi connectivity index (χ3n) is 4.14. The molecule has 2 N–H and O–H groups in total. The zero-order chi connectivity index (χ0) is 23.6. The van der Waals surface area contributed by atoms with Crippen LogP contribution in [0.5, 0.6) is 0 Å². The molecule has 1 aromatic carbocycles. The third-order valence-corrected chi connectivity index (χ3v) is 4.63. The maximum absolute atomic E-state index is 12.3. The monoisotopic (exact) mass is 488 g/mol. The summed E-state index contributed by atoms with van der Waals surface area (Å²) in [6.45, 7) is 13.6. The van der Waals surface area contributed by atoms with Crippen molar-refractivity contribution in [3.8, 4) is 0 Å². The lowest BCUT2D eigenvalue weighted by molar-refractivity contribution is -0.118. The molecule has 0 fully saturated rings. The lowest BCUT2D eigenvalue weighted by atomic mass is 10.1. The summed E-state index contributed by atoms with van der Waals surface area (Å²) in [5.74, 6) is -0.170. The number of rotatable bonds is 5. The minimum Gasteiger partial charge on any atom is -0.348 e. The SMILES string of the molecule is C/C=C(\N=C(C)NC(=O)CNC(=O)c1ccn(C(C)(C)C)c1)c1cccc(Br)c1.CC. The van der Waals surface area contributed by atoms with Crippen LogP contribution in [0.2, 0.25) is 0 Å². The van der Waals surface area contributed by atoms with Crippen LogP contribution >= 0.6 is 15.9 Å². The van der Waals surface area contributed by atoms with Crippen molar-refractivity contribution in [3.63, 3.8) is 0 Å². The number of amidine groups is 1. The van der Waals surface area contributed by atoms with Crippen molar-refractivity contribution in [2.75, 3.05) is 6.54 Å². The summed E-state index contributed by atoms with van der Waals surface area (Å²) < 4.78 is 2.91. The molecule has 0 spiro atoms. The Kier molecular flexibility index (Phi) is 10.4. The van der Waals surface area contributed by atoms with E-state index in [-0.39, 0.29) is 23.9 Å². The molecule has 2 aromatic rings. The van der Waals surface area contributed by atoms with E-state index in [4.69, 9.17) is 0 Å². The number of aliphatic imine (C=N–C) groups is 1. The zero-order valence-electron chi connectivity index (χ0n) is 19.4. The van der Waals surface area contributed by atoms with Crippen LogP contribution in [-0.2, 0) is 10.3 Å². The molecule has 7 heteroatoms. The molecule has 2 rings (SSSR count). The van der Waals surface area contributed by atoms with Gasteiger partial charge in [-0.15, -0.1) is 0 Å². The molecule has 6 nitrogen and oxygen atoms in total. The number of halogens is 1. The molecule has 0 bridgehead atoms. The highest BCUT2D eigenvalue weighted by atomic mass is 79.9. The first-order chi connectivity index (χ1) is 14.6. The Morgan fingerprint density at radius 1 is 1.16 bits per heavy atom. The van der Waals surface area contributed by atoms with Gasteiger partial charge in [-0.25, -0.2) is 4.99 Å². The molecule has 0 saturated carbocycles. The first-order valence-electron chi connectivity index (χ1n) is 10.3. The van der Waals surface area contributed by atoms with Gasteiger partial charge < -0.3 is 15.2 Å². The highest BCUT2D eigenvalue weighted by molar-refractivity contribution is 9.10. The molecule has 0 unspecified atom stereocenters. The normalized spacial score (nSPS) is 12.0. The van der Waals surface area contributed by atoms with Crippen molar-refractivity contribution in [1.82, 2.24) is 15.2 Å². The van der Waals surface area contributed by atoms with Crippen molar-refractivity contribution >= 4 is 39.3 Å². The van der Waals surface area contributed by atoms with Crippen molar-refractivity contribution in [2.45, 2.75) is 54.0 Å². The molecule has 0 atom stereocenters. The summed E-state index contributed by atoms with van der Waals surface area (Å²) in [7, 11) is 0. The molecular formula is C24H33BrN4O2. The number of aromatic nitrogens is 1. The third kappa shape index (κ3) is 8.53. The van der Waals surface area contributed by atoms with E-state index in [1.807, 2.05) is 61.9 Å². The van der Waals surface area contributed by atoms with E-state index in [0.717, 1.165) is 15.7 Å². The Morgan fingerprint density at radius 3 is 2.39 bits per heavy atom. The van der Waals surface area contributed by atoms with Crippen LogP contribution < -0.4 is 10.6 Å². The summed E-state index contributed by atoms with van der Waals surface area (Å²) in [5.41, 5.74) is 2.09. The molecule has 2 amide bonds. The highest BCUT2D eigenvalue weighted by Crippen LogP contribution is 2.20. The molecule has 0 saturated heterocycles. The summed E-state index contributed by atoms with van der Waals surface area (Å²) in [6, 6.07) is 9.50. The largest absolute Gasteiger partial charge is 0.348 e. The van der Waals surface area contributed by atoms with Gasteiger partial charge in [0, 0.05) is 28.0 Å². The van der Waals surface area contributed by atoms with Crippen molar-refractivity contribution < 1.29 is 9.59 Å². The average Bonchev–Trinajstić information content (AvgIpc) is 3.22. The van der Waals surface area contributed by atoms with E-state index in [1.54, 1.807) is 19.2 Å². The number of nitrogens with zero attached hydrogens (tertiary/aromatic N) is 2. The summed E-state index contributed by atoms with van der Waals surface area (Å²) in [6.07, 6.45) is 5.50. The molecule has 31 heavy (non-hydrogen) atoms. The van der Waals surface area contributed by atoms with Crippen LogP contribution in [-0.4, -0.2) is 28.8 Å². The predicted molar refractivity (Wildman–Crippen MR) is 132 cm³/mol. The first kappa shape index (κ1) is 26.4. The van der Waals surface area contributed by atoms with Gasteiger partial charge in [-0.1, -0.05) is 48.0 Å². The second-order valence-corrected chi connectivity index (χ2v) is 8.51. The Labute approximate surface area is 194 Å². The first-order valence-corrected chi connectivity index (χ1v) is 11.1. The Hall–Kier alpha value is -2.67. The van der Waals surface area contributed by atoms with E-state index in [0.29, 0.717) is 11.4 Å². The molecule has 0 radical (unpaired) electrons. The fraction of sp³-hybridized carbons (Fsp3) is 0.375. The van der Waals surface area contributed by atoms with E-state index < -0.39 is 0 Å². The summed E-state index contributed by atoms with van der Waals surface area (Å²) in [4.78, 5) is 28.9. The Morgan fingerprint density at radius 2 is 1.84 bits per heavy atom. The second kappa shape index (κ2) is 12.2. The summed E-state index contributed by atoms with van der Waals surface area (Å²) >= 11 is 3.44. The van der Waals surface area contributed by atoms with Crippen LogP contribution in [0.4, 0.5) is 0 Å². The van der Waals surface area contributed by atoms with Gasteiger partial charge in [0.1, 0.15) is 5.84 Å². The van der Waals surface area contributed by atoms with Crippen LogP contribution in [0.3, 0.4) is 0 Å². The quantitative estimate of drug-likeness (QED) is 0.439.